The van der Waals surface area contributed by atoms with Crippen LogP contribution in [0.1, 0.15) is 40.0 Å². The fraction of sp³-hybridized carbons (Fsp3) is 0.625. The second-order valence-corrected chi connectivity index (χ2v) is 8.88. The summed E-state index contributed by atoms with van der Waals surface area (Å²) in [5, 5.41) is 3.51. The number of nitrogens with one attached hydrogen (secondary N) is 2. The highest BCUT2D eigenvalue weighted by atomic mass is 32.2. The fourth-order valence-corrected chi connectivity index (χ4v) is 4.34. The largest absolute Gasteiger partial charge is 0.382 e. The van der Waals surface area contributed by atoms with E-state index in [-0.39, 0.29) is 0 Å². The number of hydrogen-bond acceptors (Lipinski definition) is 3. The summed E-state index contributed by atoms with van der Waals surface area (Å²) in [5.74, 6) is 0.690. The van der Waals surface area contributed by atoms with Gasteiger partial charge in [-0.3, -0.25) is 0 Å². The molecule has 5 heteroatoms. The highest BCUT2D eigenvalue weighted by Crippen LogP contribution is 2.39. The van der Waals surface area contributed by atoms with Crippen molar-refractivity contribution in [1.29, 1.82) is 0 Å². The Morgan fingerprint density at radius 3 is 2.57 bits per heavy atom. The first kappa shape index (κ1) is 16.3. The van der Waals surface area contributed by atoms with Gasteiger partial charge in [0, 0.05) is 11.7 Å². The molecule has 0 aromatic heterocycles. The molecule has 21 heavy (non-hydrogen) atoms. The van der Waals surface area contributed by atoms with E-state index in [1.807, 2.05) is 6.07 Å². The molecule has 2 rings (SSSR count). The lowest BCUT2D eigenvalue weighted by molar-refractivity contribution is 0.178. The lowest BCUT2D eigenvalue weighted by Crippen LogP contribution is -2.35. The lowest BCUT2D eigenvalue weighted by Gasteiger charge is -2.39. The normalized spacial score (nSPS) is 25.5. The number of sulfonamides is 1. The number of anilines is 1. The first-order valence-electron chi connectivity index (χ1n) is 7.52. The zero-order chi connectivity index (χ0) is 15.7. The Balaban J connectivity index is 2.15. The first-order chi connectivity index (χ1) is 9.72. The SMILES string of the molecule is CNS(=O)(=O)c1cccc(NC2CC(C)CC(C)(C)C2)c1. The zero-order valence-electron chi connectivity index (χ0n) is 13.3. The van der Waals surface area contributed by atoms with Crippen molar-refractivity contribution >= 4 is 15.7 Å². The van der Waals surface area contributed by atoms with E-state index in [4.69, 9.17) is 0 Å². The van der Waals surface area contributed by atoms with Crippen LogP contribution in [0.5, 0.6) is 0 Å². The predicted molar refractivity (Wildman–Crippen MR) is 86.9 cm³/mol. The molecule has 4 nitrogen and oxygen atoms in total. The van der Waals surface area contributed by atoms with Crippen LogP contribution in [0, 0.1) is 11.3 Å². The van der Waals surface area contributed by atoms with Gasteiger partial charge in [0.05, 0.1) is 4.90 Å². The van der Waals surface area contributed by atoms with Gasteiger partial charge in [0.15, 0.2) is 0 Å². The van der Waals surface area contributed by atoms with Crippen molar-refractivity contribution in [2.24, 2.45) is 11.3 Å². The molecule has 1 fully saturated rings. The van der Waals surface area contributed by atoms with Crippen LogP contribution in [0.2, 0.25) is 0 Å². The van der Waals surface area contributed by atoms with Crippen LogP contribution in [-0.2, 0) is 10.0 Å². The van der Waals surface area contributed by atoms with Gasteiger partial charge < -0.3 is 5.32 Å². The van der Waals surface area contributed by atoms with Crippen molar-refractivity contribution in [3.05, 3.63) is 24.3 Å². The minimum Gasteiger partial charge on any atom is -0.382 e. The average Bonchev–Trinajstić information content (AvgIpc) is 2.36. The van der Waals surface area contributed by atoms with Gasteiger partial charge in [-0.25, -0.2) is 13.1 Å². The Bertz CT molecular complexity index is 596. The maximum atomic E-state index is 11.9. The van der Waals surface area contributed by atoms with Crippen molar-refractivity contribution in [3.8, 4) is 0 Å². The van der Waals surface area contributed by atoms with Crippen LogP contribution in [-0.4, -0.2) is 21.5 Å². The standard InChI is InChI=1S/C16H26N2O2S/c1-12-8-14(11-16(2,3)10-12)18-13-6-5-7-15(9-13)21(19,20)17-4/h5-7,9,12,14,17-18H,8,10-11H2,1-4H3. The molecule has 1 aromatic rings. The highest BCUT2D eigenvalue weighted by Gasteiger charge is 2.31. The van der Waals surface area contributed by atoms with E-state index in [0.717, 1.165) is 18.5 Å². The molecule has 1 saturated carbocycles. The average molecular weight is 310 g/mol. The van der Waals surface area contributed by atoms with Gasteiger partial charge >= 0.3 is 0 Å². The quantitative estimate of drug-likeness (QED) is 0.897. The van der Waals surface area contributed by atoms with E-state index >= 15 is 0 Å². The Kier molecular flexibility index (Phi) is 4.63. The summed E-state index contributed by atoms with van der Waals surface area (Å²) in [7, 11) is -1.95. The Labute approximate surface area is 128 Å². The van der Waals surface area contributed by atoms with E-state index in [9.17, 15) is 8.42 Å². The third kappa shape index (κ3) is 4.20. The maximum Gasteiger partial charge on any atom is 0.240 e. The summed E-state index contributed by atoms with van der Waals surface area (Å²) in [6.07, 6.45) is 3.49. The van der Waals surface area contributed by atoms with Crippen molar-refractivity contribution in [3.63, 3.8) is 0 Å². The van der Waals surface area contributed by atoms with Crippen LogP contribution in [0.3, 0.4) is 0 Å². The van der Waals surface area contributed by atoms with Gasteiger partial charge in [-0.15, -0.1) is 0 Å². The second-order valence-electron chi connectivity index (χ2n) is 6.99. The lowest BCUT2D eigenvalue weighted by atomic mass is 9.70. The third-order valence-electron chi connectivity index (χ3n) is 4.17. The topological polar surface area (TPSA) is 58.2 Å². The minimum absolute atomic E-state index is 0.304. The monoisotopic (exact) mass is 310 g/mol. The smallest absolute Gasteiger partial charge is 0.240 e. The number of hydrogen-bond donors (Lipinski definition) is 2. The van der Waals surface area contributed by atoms with Gasteiger partial charge in [-0.1, -0.05) is 26.8 Å². The Morgan fingerprint density at radius 1 is 1.24 bits per heavy atom. The van der Waals surface area contributed by atoms with Crippen LogP contribution in [0.4, 0.5) is 5.69 Å². The molecule has 0 amide bonds. The summed E-state index contributed by atoms with van der Waals surface area (Å²) >= 11 is 0. The van der Waals surface area contributed by atoms with Crippen molar-refractivity contribution in [2.45, 2.75) is 51.0 Å². The number of rotatable bonds is 4. The molecular formula is C16H26N2O2S. The molecular weight excluding hydrogens is 284 g/mol. The van der Waals surface area contributed by atoms with Gasteiger partial charge in [0.2, 0.25) is 10.0 Å². The summed E-state index contributed by atoms with van der Waals surface area (Å²) < 4.78 is 26.1. The van der Waals surface area contributed by atoms with E-state index in [1.165, 1.54) is 13.5 Å². The fourth-order valence-electron chi connectivity index (χ4n) is 3.56. The van der Waals surface area contributed by atoms with Crippen LogP contribution in [0.25, 0.3) is 0 Å². The van der Waals surface area contributed by atoms with Crippen molar-refractivity contribution < 1.29 is 8.42 Å². The molecule has 0 radical (unpaired) electrons. The van der Waals surface area contributed by atoms with Crippen molar-refractivity contribution in [1.82, 2.24) is 4.72 Å². The molecule has 2 unspecified atom stereocenters. The maximum absolute atomic E-state index is 11.9. The molecule has 1 aliphatic rings. The Morgan fingerprint density at radius 2 is 1.95 bits per heavy atom. The summed E-state index contributed by atoms with van der Waals surface area (Å²) in [6.45, 7) is 6.90. The van der Waals surface area contributed by atoms with Gasteiger partial charge in [0.1, 0.15) is 0 Å². The third-order valence-corrected chi connectivity index (χ3v) is 5.58. The number of benzene rings is 1. The van der Waals surface area contributed by atoms with Gasteiger partial charge in [-0.05, 0) is 55.8 Å². The highest BCUT2D eigenvalue weighted by molar-refractivity contribution is 7.89. The van der Waals surface area contributed by atoms with Crippen LogP contribution >= 0.6 is 0 Å². The zero-order valence-corrected chi connectivity index (χ0v) is 14.1. The van der Waals surface area contributed by atoms with Gasteiger partial charge in [-0.2, -0.15) is 0 Å². The van der Waals surface area contributed by atoms with Gasteiger partial charge in [0.25, 0.3) is 0 Å². The molecule has 0 saturated heterocycles. The predicted octanol–water partition coefficient (Wildman–Crippen LogP) is 3.22. The first-order valence-corrected chi connectivity index (χ1v) is 9.00. The van der Waals surface area contributed by atoms with E-state index < -0.39 is 10.0 Å². The molecule has 1 aliphatic carbocycles. The van der Waals surface area contributed by atoms with Crippen LogP contribution in [0.15, 0.2) is 29.2 Å². The molecule has 0 spiro atoms. The summed E-state index contributed by atoms with van der Waals surface area (Å²) in [4.78, 5) is 0.304. The van der Waals surface area contributed by atoms with Crippen molar-refractivity contribution in [2.75, 3.05) is 12.4 Å². The molecule has 118 valence electrons. The molecule has 2 atom stereocenters. The summed E-state index contributed by atoms with van der Waals surface area (Å²) in [6, 6.07) is 7.43. The Hall–Kier alpha value is -1.07. The molecule has 0 aliphatic heterocycles. The van der Waals surface area contributed by atoms with E-state index in [0.29, 0.717) is 22.3 Å². The van der Waals surface area contributed by atoms with E-state index in [1.54, 1.807) is 18.2 Å². The minimum atomic E-state index is -3.39. The second kappa shape index (κ2) is 5.97. The molecule has 0 heterocycles. The molecule has 1 aromatic carbocycles. The molecule has 2 N–H and O–H groups in total. The summed E-state index contributed by atoms with van der Waals surface area (Å²) in [5.41, 5.74) is 1.21. The van der Waals surface area contributed by atoms with Crippen LogP contribution < -0.4 is 10.0 Å². The molecule has 0 bridgehead atoms. The van der Waals surface area contributed by atoms with E-state index in [2.05, 4.69) is 30.8 Å².